The summed E-state index contributed by atoms with van der Waals surface area (Å²) in [6.07, 6.45) is -0.0813. The molecule has 0 radical (unpaired) electrons. The molecule has 0 atom stereocenters. The molecule has 132 valence electrons. The van der Waals surface area contributed by atoms with Crippen LogP contribution in [-0.4, -0.2) is 30.2 Å². The normalized spacial score (nSPS) is 10.4. The van der Waals surface area contributed by atoms with Crippen LogP contribution in [0.15, 0.2) is 42.5 Å². The lowest BCUT2D eigenvalue weighted by Crippen LogP contribution is -2.24. The molecule has 0 aliphatic rings. The van der Waals surface area contributed by atoms with E-state index in [1.807, 2.05) is 13.8 Å². The molecular weight excluding hydrogens is 322 g/mol. The van der Waals surface area contributed by atoms with Crippen molar-refractivity contribution in [2.45, 2.75) is 26.5 Å². The van der Waals surface area contributed by atoms with E-state index in [0.29, 0.717) is 17.1 Å². The number of carboxylic acid groups (broad SMARTS) is 1. The lowest BCUT2D eigenvalue weighted by Gasteiger charge is -2.15. The van der Waals surface area contributed by atoms with Gasteiger partial charge < -0.3 is 19.9 Å². The molecule has 2 N–H and O–H groups in total. The van der Waals surface area contributed by atoms with E-state index in [1.54, 1.807) is 37.4 Å². The first-order valence-electron chi connectivity index (χ1n) is 7.86. The first kappa shape index (κ1) is 18.3. The van der Waals surface area contributed by atoms with E-state index >= 15 is 0 Å². The summed E-state index contributed by atoms with van der Waals surface area (Å²) in [6, 6.07) is 11.4. The van der Waals surface area contributed by atoms with E-state index in [0.717, 1.165) is 5.56 Å². The van der Waals surface area contributed by atoms with Gasteiger partial charge in [0.05, 0.1) is 24.3 Å². The molecule has 6 heteroatoms. The average molecular weight is 343 g/mol. The molecule has 0 saturated heterocycles. The highest BCUT2D eigenvalue weighted by molar-refractivity contribution is 5.97. The molecule has 2 aromatic carbocycles. The van der Waals surface area contributed by atoms with Crippen LogP contribution in [0, 0.1) is 0 Å². The first-order chi connectivity index (χ1) is 11.9. The van der Waals surface area contributed by atoms with Crippen molar-refractivity contribution in [2.75, 3.05) is 7.11 Å². The number of benzene rings is 2. The van der Waals surface area contributed by atoms with Gasteiger partial charge in [-0.3, -0.25) is 4.79 Å². The number of carbonyl (C=O) groups is 2. The number of ether oxygens (including phenoxy) is 2. The van der Waals surface area contributed by atoms with Crippen LogP contribution >= 0.6 is 0 Å². The standard InChI is InChI=1S/C19H21NO5/c1-12(2)25-17-10-15(24-3)8-9-16(17)18(21)20-11-13-4-6-14(7-5-13)19(22)23/h4-10,12H,11H2,1-3H3,(H,20,21)(H,22,23). The maximum Gasteiger partial charge on any atom is 0.335 e. The fraction of sp³-hybridized carbons (Fsp3) is 0.263. The molecule has 0 aliphatic carbocycles. The molecule has 6 nitrogen and oxygen atoms in total. The van der Waals surface area contributed by atoms with Gasteiger partial charge >= 0.3 is 5.97 Å². The van der Waals surface area contributed by atoms with Crippen LogP contribution in [-0.2, 0) is 6.54 Å². The molecule has 0 aromatic heterocycles. The molecule has 25 heavy (non-hydrogen) atoms. The molecule has 2 rings (SSSR count). The third kappa shape index (κ3) is 4.97. The zero-order chi connectivity index (χ0) is 18.4. The van der Waals surface area contributed by atoms with Gasteiger partial charge in [0.15, 0.2) is 0 Å². The Bertz CT molecular complexity index is 753. The maximum atomic E-state index is 12.5. The summed E-state index contributed by atoms with van der Waals surface area (Å²) in [5, 5.41) is 11.7. The smallest absolute Gasteiger partial charge is 0.335 e. The summed E-state index contributed by atoms with van der Waals surface area (Å²) in [5.41, 5.74) is 1.42. The van der Waals surface area contributed by atoms with Crippen molar-refractivity contribution >= 4 is 11.9 Å². The van der Waals surface area contributed by atoms with Gasteiger partial charge in [-0.25, -0.2) is 4.79 Å². The van der Waals surface area contributed by atoms with Crippen molar-refractivity contribution in [3.05, 3.63) is 59.2 Å². The highest BCUT2D eigenvalue weighted by Gasteiger charge is 2.15. The Kier molecular flexibility index (Phi) is 6.00. The SMILES string of the molecule is COc1ccc(C(=O)NCc2ccc(C(=O)O)cc2)c(OC(C)C)c1. The lowest BCUT2D eigenvalue weighted by molar-refractivity contribution is 0.0696. The molecule has 0 aliphatic heterocycles. The zero-order valence-corrected chi connectivity index (χ0v) is 14.4. The molecule has 0 spiro atoms. The summed E-state index contributed by atoms with van der Waals surface area (Å²) in [7, 11) is 1.55. The Balaban J connectivity index is 2.10. The molecule has 0 fully saturated rings. The Hall–Kier alpha value is -3.02. The number of methoxy groups -OCH3 is 1. The first-order valence-corrected chi connectivity index (χ1v) is 7.86. The van der Waals surface area contributed by atoms with Crippen LogP contribution in [0.25, 0.3) is 0 Å². The van der Waals surface area contributed by atoms with Crippen LogP contribution in [0.3, 0.4) is 0 Å². The molecule has 0 unspecified atom stereocenters. The Morgan fingerprint density at radius 1 is 1.12 bits per heavy atom. The summed E-state index contributed by atoms with van der Waals surface area (Å²) < 4.78 is 10.9. The van der Waals surface area contributed by atoms with Gasteiger partial charge in [0.25, 0.3) is 5.91 Å². The van der Waals surface area contributed by atoms with E-state index < -0.39 is 5.97 Å². The van der Waals surface area contributed by atoms with Crippen molar-refractivity contribution in [2.24, 2.45) is 0 Å². The highest BCUT2D eigenvalue weighted by Crippen LogP contribution is 2.26. The minimum absolute atomic E-state index is 0.0813. The molecule has 0 bridgehead atoms. The van der Waals surface area contributed by atoms with E-state index in [1.165, 1.54) is 12.1 Å². The summed E-state index contributed by atoms with van der Waals surface area (Å²) in [6.45, 7) is 4.04. The Morgan fingerprint density at radius 3 is 2.36 bits per heavy atom. The maximum absolute atomic E-state index is 12.5. The van der Waals surface area contributed by atoms with Gasteiger partial charge in [0, 0.05) is 12.6 Å². The van der Waals surface area contributed by atoms with Crippen molar-refractivity contribution in [1.82, 2.24) is 5.32 Å². The van der Waals surface area contributed by atoms with Crippen molar-refractivity contribution < 1.29 is 24.2 Å². The minimum Gasteiger partial charge on any atom is -0.497 e. The highest BCUT2D eigenvalue weighted by atomic mass is 16.5. The number of rotatable bonds is 7. The van der Waals surface area contributed by atoms with Gasteiger partial charge in [-0.15, -0.1) is 0 Å². The second-order valence-corrected chi connectivity index (χ2v) is 5.71. The predicted molar refractivity (Wildman–Crippen MR) is 93.3 cm³/mol. The van der Waals surface area contributed by atoms with Gasteiger partial charge in [-0.05, 0) is 43.7 Å². The second-order valence-electron chi connectivity index (χ2n) is 5.71. The van der Waals surface area contributed by atoms with Gasteiger partial charge in [-0.1, -0.05) is 12.1 Å². The van der Waals surface area contributed by atoms with Crippen molar-refractivity contribution in [3.8, 4) is 11.5 Å². The number of hydrogen-bond donors (Lipinski definition) is 2. The lowest BCUT2D eigenvalue weighted by atomic mass is 10.1. The number of carboxylic acids is 1. The average Bonchev–Trinajstić information content (AvgIpc) is 2.59. The summed E-state index contributed by atoms with van der Waals surface area (Å²) in [5.74, 6) is -0.200. The van der Waals surface area contributed by atoms with Gasteiger partial charge in [0.1, 0.15) is 11.5 Å². The Morgan fingerprint density at radius 2 is 1.80 bits per heavy atom. The van der Waals surface area contributed by atoms with Crippen molar-refractivity contribution in [3.63, 3.8) is 0 Å². The molecule has 1 amide bonds. The number of carbonyl (C=O) groups excluding carboxylic acids is 1. The quantitative estimate of drug-likeness (QED) is 0.807. The third-order valence-electron chi connectivity index (χ3n) is 3.45. The van der Waals surface area contributed by atoms with E-state index in [2.05, 4.69) is 5.32 Å². The van der Waals surface area contributed by atoms with E-state index in [9.17, 15) is 9.59 Å². The topological polar surface area (TPSA) is 84.9 Å². The number of amides is 1. The van der Waals surface area contributed by atoms with Crippen LogP contribution in [0.2, 0.25) is 0 Å². The van der Waals surface area contributed by atoms with Crippen LogP contribution in [0.1, 0.15) is 40.1 Å². The number of hydrogen-bond acceptors (Lipinski definition) is 4. The number of aromatic carboxylic acids is 1. The zero-order valence-electron chi connectivity index (χ0n) is 14.4. The fourth-order valence-electron chi connectivity index (χ4n) is 2.21. The van der Waals surface area contributed by atoms with Gasteiger partial charge in [0.2, 0.25) is 0 Å². The minimum atomic E-state index is -0.982. The third-order valence-corrected chi connectivity index (χ3v) is 3.45. The summed E-state index contributed by atoms with van der Waals surface area (Å²) >= 11 is 0. The fourth-order valence-corrected chi connectivity index (χ4v) is 2.21. The predicted octanol–water partition coefficient (Wildman–Crippen LogP) is 3.11. The molecule has 0 saturated carbocycles. The van der Waals surface area contributed by atoms with E-state index in [4.69, 9.17) is 14.6 Å². The van der Waals surface area contributed by atoms with Crippen LogP contribution < -0.4 is 14.8 Å². The largest absolute Gasteiger partial charge is 0.497 e. The number of nitrogens with one attached hydrogen (secondary N) is 1. The Labute approximate surface area is 146 Å². The van der Waals surface area contributed by atoms with Gasteiger partial charge in [-0.2, -0.15) is 0 Å². The molecule has 2 aromatic rings. The van der Waals surface area contributed by atoms with E-state index in [-0.39, 0.29) is 24.1 Å². The van der Waals surface area contributed by atoms with Crippen molar-refractivity contribution in [1.29, 1.82) is 0 Å². The molecular formula is C19H21NO5. The van der Waals surface area contributed by atoms with Crippen LogP contribution in [0.5, 0.6) is 11.5 Å². The summed E-state index contributed by atoms with van der Waals surface area (Å²) in [4.78, 5) is 23.3. The monoisotopic (exact) mass is 343 g/mol. The van der Waals surface area contributed by atoms with Crippen LogP contribution in [0.4, 0.5) is 0 Å². The molecule has 0 heterocycles. The second kappa shape index (κ2) is 8.19.